The number of carbonyl (C=O) groups is 1. The smallest absolute Gasteiger partial charge is 0.406 e. The molecule has 0 aromatic heterocycles. The molecule has 0 aliphatic carbocycles. The zero-order valence-corrected chi connectivity index (χ0v) is 14.0. The molecule has 0 radical (unpaired) electrons. The Labute approximate surface area is 144 Å². The summed E-state index contributed by atoms with van der Waals surface area (Å²) in [5.74, 6) is -0.395. The first-order chi connectivity index (χ1) is 10.8. The van der Waals surface area contributed by atoms with Gasteiger partial charge in [-0.2, -0.15) is 0 Å². The highest BCUT2D eigenvalue weighted by Gasteiger charge is 2.31. The van der Waals surface area contributed by atoms with Crippen molar-refractivity contribution in [1.29, 1.82) is 0 Å². The maximum Gasteiger partial charge on any atom is 0.573 e. The Kier molecular flexibility index (Phi) is 7.78. The second kappa shape index (κ2) is 9.10. The lowest BCUT2D eigenvalue weighted by atomic mass is 10.1. The monoisotopic (exact) mass is 368 g/mol. The summed E-state index contributed by atoms with van der Waals surface area (Å²) in [4.78, 5) is 13.6. The van der Waals surface area contributed by atoms with E-state index < -0.39 is 6.36 Å². The molecule has 1 amide bonds. The van der Waals surface area contributed by atoms with Crippen LogP contribution in [0.2, 0.25) is 0 Å². The number of hydrogen-bond donors (Lipinski definition) is 1. The molecule has 0 bridgehead atoms. The lowest BCUT2D eigenvalue weighted by molar-refractivity contribution is -0.274. The third-order valence-corrected chi connectivity index (χ3v) is 3.40. The summed E-state index contributed by atoms with van der Waals surface area (Å²) in [6.07, 6.45) is -4.44. The van der Waals surface area contributed by atoms with Crippen LogP contribution in [0.5, 0.6) is 5.75 Å². The van der Waals surface area contributed by atoms with Crippen molar-refractivity contribution in [2.75, 3.05) is 26.8 Å². The number of rotatable bonds is 5. The van der Waals surface area contributed by atoms with Gasteiger partial charge in [0.15, 0.2) is 0 Å². The van der Waals surface area contributed by atoms with E-state index >= 15 is 0 Å². The van der Waals surface area contributed by atoms with Gasteiger partial charge in [0.25, 0.3) is 0 Å². The molecule has 24 heavy (non-hydrogen) atoms. The largest absolute Gasteiger partial charge is 0.573 e. The van der Waals surface area contributed by atoms with Crippen LogP contribution >= 0.6 is 12.4 Å². The SMILES string of the molecule is CN(Cc1cccc(OC(F)(F)F)c1)C(=O)CC1COCCN1.Cl. The number of benzene rings is 1. The van der Waals surface area contributed by atoms with Crippen molar-refractivity contribution >= 4 is 18.3 Å². The summed E-state index contributed by atoms with van der Waals surface area (Å²) >= 11 is 0. The lowest BCUT2D eigenvalue weighted by Gasteiger charge is -2.25. The molecule has 0 saturated carbocycles. The highest BCUT2D eigenvalue weighted by atomic mass is 35.5. The van der Waals surface area contributed by atoms with Gasteiger partial charge in [-0.05, 0) is 17.7 Å². The van der Waals surface area contributed by atoms with Gasteiger partial charge in [0, 0.05) is 32.6 Å². The number of carbonyl (C=O) groups excluding carboxylic acids is 1. The Morgan fingerprint density at radius 1 is 1.46 bits per heavy atom. The fraction of sp³-hybridized carbons (Fsp3) is 0.533. The number of halogens is 4. The van der Waals surface area contributed by atoms with Crippen LogP contribution in [0.1, 0.15) is 12.0 Å². The van der Waals surface area contributed by atoms with Crippen LogP contribution in [0, 0.1) is 0 Å². The van der Waals surface area contributed by atoms with Crippen molar-refractivity contribution in [2.24, 2.45) is 0 Å². The van der Waals surface area contributed by atoms with Gasteiger partial charge in [-0.1, -0.05) is 12.1 Å². The lowest BCUT2D eigenvalue weighted by Crippen LogP contribution is -2.44. The third-order valence-electron chi connectivity index (χ3n) is 3.40. The molecule has 1 aromatic carbocycles. The Morgan fingerprint density at radius 2 is 2.21 bits per heavy atom. The predicted molar refractivity (Wildman–Crippen MR) is 84.1 cm³/mol. The molecule has 136 valence electrons. The van der Waals surface area contributed by atoms with E-state index in [1.807, 2.05) is 0 Å². The highest BCUT2D eigenvalue weighted by molar-refractivity contribution is 5.85. The molecule has 1 N–H and O–H groups in total. The summed E-state index contributed by atoms with van der Waals surface area (Å²) < 4.78 is 45.8. The number of hydrogen-bond acceptors (Lipinski definition) is 4. The summed E-state index contributed by atoms with van der Waals surface area (Å²) in [6, 6.07) is 5.58. The van der Waals surface area contributed by atoms with Crippen LogP contribution in [0.3, 0.4) is 0 Å². The summed E-state index contributed by atoms with van der Waals surface area (Å²) in [5.41, 5.74) is 0.565. The number of amides is 1. The van der Waals surface area contributed by atoms with Crippen molar-refractivity contribution in [3.05, 3.63) is 29.8 Å². The van der Waals surface area contributed by atoms with E-state index in [1.54, 1.807) is 13.1 Å². The van der Waals surface area contributed by atoms with Crippen molar-refractivity contribution in [3.63, 3.8) is 0 Å². The van der Waals surface area contributed by atoms with Crippen LogP contribution < -0.4 is 10.1 Å². The zero-order chi connectivity index (χ0) is 16.9. The molecule has 1 aromatic rings. The van der Waals surface area contributed by atoms with E-state index in [-0.39, 0.29) is 43.1 Å². The molecule has 1 heterocycles. The van der Waals surface area contributed by atoms with Gasteiger partial charge < -0.3 is 19.7 Å². The maximum atomic E-state index is 12.2. The third kappa shape index (κ3) is 6.94. The van der Waals surface area contributed by atoms with E-state index in [0.29, 0.717) is 25.3 Å². The Hall–Kier alpha value is -1.51. The molecule has 1 aliphatic rings. The Morgan fingerprint density at radius 3 is 2.83 bits per heavy atom. The molecule has 1 aliphatic heterocycles. The first-order valence-electron chi connectivity index (χ1n) is 7.23. The van der Waals surface area contributed by atoms with Gasteiger partial charge in [0.1, 0.15) is 5.75 Å². The standard InChI is InChI=1S/C15H19F3N2O3.ClH/c1-20(14(21)8-12-10-22-6-5-19-12)9-11-3-2-4-13(7-11)23-15(16,17)18;/h2-4,7,12,19H,5-6,8-10H2,1H3;1H. The average molecular weight is 369 g/mol. The molecule has 1 unspecified atom stereocenters. The van der Waals surface area contributed by atoms with Gasteiger partial charge in [0.2, 0.25) is 5.91 Å². The second-order valence-corrected chi connectivity index (χ2v) is 5.38. The first-order valence-corrected chi connectivity index (χ1v) is 7.23. The number of alkyl halides is 3. The summed E-state index contributed by atoms with van der Waals surface area (Å²) in [7, 11) is 1.61. The van der Waals surface area contributed by atoms with Crippen molar-refractivity contribution in [2.45, 2.75) is 25.4 Å². The number of ether oxygens (including phenoxy) is 2. The van der Waals surface area contributed by atoms with E-state index in [4.69, 9.17) is 4.74 Å². The van der Waals surface area contributed by atoms with Crippen molar-refractivity contribution in [3.8, 4) is 5.75 Å². The van der Waals surface area contributed by atoms with E-state index in [2.05, 4.69) is 10.1 Å². The van der Waals surface area contributed by atoms with Crippen LogP contribution in [0.25, 0.3) is 0 Å². The van der Waals surface area contributed by atoms with Gasteiger partial charge in [0.05, 0.1) is 13.2 Å². The van der Waals surface area contributed by atoms with Gasteiger partial charge in [-0.25, -0.2) is 0 Å². The molecule has 1 saturated heterocycles. The minimum Gasteiger partial charge on any atom is -0.406 e. The quantitative estimate of drug-likeness (QED) is 0.866. The molecular formula is C15H20ClF3N2O3. The van der Waals surface area contributed by atoms with Crippen LogP contribution in [-0.4, -0.2) is 50.0 Å². The normalized spacial score (nSPS) is 17.8. The summed E-state index contributed by atoms with van der Waals surface area (Å²) in [6.45, 7) is 2.03. The molecule has 9 heteroatoms. The minimum atomic E-state index is -4.73. The molecule has 1 fully saturated rings. The maximum absolute atomic E-state index is 12.2. The van der Waals surface area contributed by atoms with Gasteiger partial charge in [-0.3, -0.25) is 4.79 Å². The fourth-order valence-corrected chi connectivity index (χ4v) is 2.32. The van der Waals surface area contributed by atoms with Crippen LogP contribution in [-0.2, 0) is 16.1 Å². The fourth-order valence-electron chi connectivity index (χ4n) is 2.32. The predicted octanol–water partition coefficient (Wildman–Crippen LogP) is 2.34. The highest BCUT2D eigenvalue weighted by Crippen LogP contribution is 2.23. The second-order valence-electron chi connectivity index (χ2n) is 5.38. The first kappa shape index (κ1) is 20.5. The minimum absolute atomic E-state index is 0. The molecule has 5 nitrogen and oxygen atoms in total. The molecule has 0 spiro atoms. The molecule has 1 atom stereocenters. The van der Waals surface area contributed by atoms with E-state index in [9.17, 15) is 18.0 Å². The van der Waals surface area contributed by atoms with Gasteiger partial charge >= 0.3 is 6.36 Å². The Bertz CT molecular complexity index is 537. The number of nitrogens with one attached hydrogen (secondary N) is 1. The molecular weight excluding hydrogens is 349 g/mol. The van der Waals surface area contributed by atoms with E-state index in [1.165, 1.54) is 23.1 Å². The van der Waals surface area contributed by atoms with Gasteiger partial charge in [-0.15, -0.1) is 25.6 Å². The zero-order valence-electron chi connectivity index (χ0n) is 13.1. The number of morpholine rings is 1. The van der Waals surface area contributed by atoms with E-state index in [0.717, 1.165) is 0 Å². The average Bonchev–Trinajstić information content (AvgIpc) is 2.46. The Balaban J connectivity index is 0.00000288. The molecule has 2 rings (SSSR count). The van der Waals surface area contributed by atoms with Crippen molar-refractivity contribution < 1.29 is 27.4 Å². The topological polar surface area (TPSA) is 50.8 Å². The van der Waals surface area contributed by atoms with Crippen molar-refractivity contribution in [1.82, 2.24) is 10.2 Å². The number of nitrogens with zero attached hydrogens (tertiary/aromatic N) is 1. The summed E-state index contributed by atoms with van der Waals surface area (Å²) in [5, 5.41) is 3.19. The van der Waals surface area contributed by atoms with Crippen LogP contribution in [0.15, 0.2) is 24.3 Å². The van der Waals surface area contributed by atoms with Crippen LogP contribution in [0.4, 0.5) is 13.2 Å².